The zero-order valence-corrected chi connectivity index (χ0v) is 15.7. The lowest BCUT2D eigenvalue weighted by molar-refractivity contribution is -0.117. The van der Waals surface area contributed by atoms with E-state index >= 15 is 4.39 Å². The number of amides is 1. The lowest BCUT2D eigenvalue weighted by Crippen LogP contribution is -2.30. The summed E-state index contributed by atoms with van der Waals surface area (Å²) in [4.78, 5) is 11.4. The summed E-state index contributed by atoms with van der Waals surface area (Å²) in [6, 6.07) is 5.85. The minimum absolute atomic E-state index is 0.0683. The van der Waals surface area contributed by atoms with E-state index in [4.69, 9.17) is 9.47 Å². The number of anilines is 1. The van der Waals surface area contributed by atoms with Gasteiger partial charge in [-0.15, -0.1) is 0 Å². The summed E-state index contributed by atoms with van der Waals surface area (Å²) < 4.78 is 52.4. The van der Waals surface area contributed by atoms with Gasteiger partial charge < -0.3 is 14.6 Å². The highest BCUT2D eigenvalue weighted by Crippen LogP contribution is 2.39. The molecule has 10 heteroatoms. The van der Waals surface area contributed by atoms with E-state index in [0.29, 0.717) is 34.6 Å². The fourth-order valence-electron chi connectivity index (χ4n) is 3.03. The van der Waals surface area contributed by atoms with Gasteiger partial charge in [0.05, 0.1) is 6.61 Å². The van der Waals surface area contributed by atoms with Gasteiger partial charge in [-0.3, -0.25) is 4.79 Å². The van der Waals surface area contributed by atoms with Crippen LogP contribution in [-0.2, 0) is 19.7 Å². The van der Waals surface area contributed by atoms with E-state index in [1.807, 2.05) is 0 Å². The van der Waals surface area contributed by atoms with Gasteiger partial charge in [0.2, 0.25) is 0 Å². The Balaban J connectivity index is 1.58. The molecule has 0 atom stereocenters. The summed E-state index contributed by atoms with van der Waals surface area (Å²) in [5.41, 5.74) is -0.573. The molecule has 2 aromatic rings. The van der Waals surface area contributed by atoms with Crippen LogP contribution in [0.25, 0.3) is 10.8 Å². The number of nitrogens with one attached hydrogen (secondary N) is 1. The van der Waals surface area contributed by atoms with Gasteiger partial charge in [-0.25, -0.2) is 13.4 Å². The van der Waals surface area contributed by atoms with Crippen LogP contribution in [0.2, 0.25) is 0 Å². The van der Waals surface area contributed by atoms with Crippen molar-refractivity contribution < 1.29 is 32.2 Å². The molecule has 2 aromatic carbocycles. The van der Waals surface area contributed by atoms with Gasteiger partial charge in [0.1, 0.15) is 30.3 Å². The van der Waals surface area contributed by atoms with E-state index in [-0.39, 0.29) is 5.39 Å². The van der Waals surface area contributed by atoms with Crippen molar-refractivity contribution in [3.63, 3.8) is 0 Å². The quantitative estimate of drug-likeness (QED) is 0.673. The molecule has 2 fully saturated rings. The summed E-state index contributed by atoms with van der Waals surface area (Å²) >= 11 is 0. The van der Waals surface area contributed by atoms with Crippen LogP contribution in [-0.4, -0.2) is 45.8 Å². The Morgan fingerprint density at radius 3 is 2.71 bits per heavy atom. The smallest absolute Gasteiger partial charge is 0.326 e. The number of halogens is 1. The Bertz CT molecular complexity index is 1040. The molecule has 2 aliphatic rings. The maximum Gasteiger partial charge on any atom is 0.326 e. The molecule has 0 radical (unpaired) electrons. The first-order valence-corrected chi connectivity index (χ1v) is 10.3. The third-order valence-corrected chi connectivity index (χ3v) is 6.00. The second kappa shape index (κ2) is 7.10. The number of benzene rings is 2. The highest BCUT2D eigenvalue weighted by Gasteiger charge is 2.37. The van der Waals surface area contributed by atoms with Gasteiger partial charge in [0.15, 0.2) is 5.82 Å². The largest absolute Gasteiger partial charge is 0.506 e. The summed E-state index contributed by atoms with van der Waals surface area (Å²) in [5, 5.41) is 10.6. The third kappa shape index (κ3) is 3.69. The molecule has 0 unspecified atom stereocenters. The number of rotatable bonds is 7. The van der Waals surface area contributed by atoms with Crippen LogP contribution in [0, 0.1) is 11.7 Å². The van der Waals surface area contributed by atoms with Crippen molar-refractivity contribution in [2.24, 2.45) is 5.92 Å². The Kier molecular flexibility index (Phi) is 4.76. The Morgan fingerprint density at radius 2 is 2.04 bits per heavy atom. The molecule has 1 amide bonds. The molecule has 0 bridgehead atoms. The SMILES string of the molecule is O=C1CN(c2c(O)cc3ccc(OCCOCC4CC4)cc3c2F)S(=O)(=O)N1. The monoisotopic (exact) mass is 410 g/mol. The van der Waals surface area contributed by atoms with Gasteiger partial charge in [-0.2, -0.15) is 8.42 Å². The standard InChI is InChI=1S/C18H19FN2O6S/c19-17-14-8-13(27-6-5-26-10-11-1-2-11)4-3-12(14)7-15(22)18(17)21-9-16(23)20-28(21,24)25/h3-4,7-8,11,22H,1-2,5-6,9-10H2,(H,20,23). The average molecular weight is 410 g/mol. The van der Waals surface area contributed by atoms with Crippen molar-refractivity contribution in [3.05, 3.63) is 30.1 Å². The van der Waals surface area contributed by atoms with Gasteiger partial charge in [0, 0.05) is 12.0 Å². The van der Waals surface area contributed by atoms with Crippen LogP contribution in [0.4, 0.5) is 10.1 Å². The van der Waals surface area contributed by atoms with Gasteiger partial charge in [-0.05, 0) is 42.3 Å². The molecular formula is C18H19FN2O6S. The van der Waals surface area contributed by atoms with Crippen molar-refractivity contribution in [3.8, 4) is 11.5 Å². The fraction of sp³-hybridized carbons (Fsp3) is 0.389. The third-order valence-electron chi connectivity index (χ3n) is 4.62. The summed E-state index contributed by atoms with van der Waals surface area (Å²) in [6.07, 6.45) is 2.40. The van der Waals surface area contributed by atoms with Crippen molar-refractivity contribution >= 4 is 32.6 Å². The molecule has 1 saturated heterocycles. The van der Waals surface area contributed by atoms with Crippen molar-refractivity contribution in [1.29, 1.82) is 0 Å². The first kappa shape index (κ1) is 18.8. The number of hydrogen-bond donors (Lipinski definition) is 2. The van der Waals surface area contributed by atoms with Crippen LogP contribution in [0.1, 0.15) is 12.8 Å². The first-order valence-electron chi connectivity index (χ1n) is 8.84. The molecule has 1 saturated carbocycles. The highest BCUT2D eigenvalue weighted by molar-refractivity contribution is 7.92. The molecule has 1 aliphatic heterocycles. The number of ether oxygens (including phenoxy) is 2. The zero-order chi connectivity index (χ0) is 19.9. The predicted molar refractivity (Wildman–Crippen MR) is 99.0 cm³/mol. The molecule has 1 heterocycles. The van der Waals surface area contributed by atoms with Crippen molar-refractivity contribution in [1.82, 2.24) is 4.72 Å². The lowest BCUT2D eigenvalue weighted by atomic mass is 10.1. The number of carbonyl (C=O) groups excluding carboxylic acids is 1. The molecular weight excluding hydrogens is 391 g/mol. The molecule has 2 N–H and O–H groups in total. The molecule has 28 heavy (non-hydrogen) atoms. The van der Waals surface area contributed by atoms with E-state index in [1.54, 1.807) is 16.9 Å². The number of hydrogen-bond acceptors (Lipinski definition) is 6. The minimum atomic E-state index is -4.25. The maximum absolute atomic E-state index is 15.1. The van der Waals surface area contributed by atoms with Crippen molar-refractivity contribution in [2.75, 3.05) is 30.7 Å². The molecule has 4 rings (SSSR count). The second-order valence-electron chi connectivity index (χ2n) is 6.84. The average Bonchev–Trinajstić information content (AvgIpc) is 3.40. The van der Waals surface area contributed by atoms with E-state index in [0.717, 1.165) is 6.61 Å². The van der Waals surface area contributed by atoms with Gasteiger partial charge in [-0.1, -0.05) is 6.07 Å². The van der Waals surface area contributed by atoms with E-state index in [9.17, 15) is 18.3 Å². The van der Waals surface area contributed by atoms with E-state index in [1.165, 1.54) is 25.0 Å². The van der Waals surface area contributed by atoms with Crippen LogP contribution in [0.15, 0.2) is 24.3 Å². The van der Waals surface area contributed by atoms with Crippen LogP contribution >= 0.6 is 0 Å². The topological polar surface area (TPSA) is 105 Å². The number of nitrogens with zero attached hydrogens (tertiary/aromatic N) is 1. The second-order valence-corrected chi connectivity index (χ2v) is 8.44. The molecule has 1 aliphatic carbocycles. The number of phenols is 1. The van der Waals surface area contributed by atoms with E-state index < -0.39 is 39.9 Å². The summed E-state index contributed by atoms with van der Waals surface area (Å²) in [5.74, 6) is -1.29. The number of aromatic hydroxyl groups is 1. The highest BCUT2D eigenvalue weighted by atomic mass is 32.2. The van der Waals surface area contributed by atoms with Gasteiger partial charge in [0.25, 0.3) is 5.91 Å². The normalized spacial score (nSPS) is 18.5. The summed E-state index contributed by atoms with van der Waals surface area (Å²) in [7, 11) is -4.25. The summed E-state index contributed by atoms with van der Waals surface area (Å²) in [6.45, 7) is 0.823. The van der Waals surface area contributed by atoms with Crippen LogP contribution in [0.3, 0.4) is 0 Å². The van der Waals surface area contributed by atoms with E-state index in [2.05, 4.69) is 0 Å². The van der Waals surface area contributed by atoms with Gasteiger partial charge >= 0.3 is 10.2 Å². The maximum atomic E-state index is 15.1. The molecule has 0 aromatic heterocycles. The first-order chi connectivity index (χ1) is 13.3. The Labute approximate surface area is 161 Å². The van der Waals surface area contributed by atoms with Crippen LogP contribution in [0.5, 0.6) is 11.5 Å². The lowest BCUT2D eigenvalue weighted by Gasteiger charge is -2.18. The fourth-order valence-corrected chi connectivity index (χ4v) is 4.20. The Hall–Kier alpha value is -2.59. The molecule has 8 nitrogen and oxygen atoms in total. The van der Waals surface area contributed by atoms with Crippen LogP contribution < -0.4 is 13.8 Å². The number of phenolic OH excluding ortho intramolecular Hbond substituents is 1. The molecule has 150 valence electrons. The minimum Gasteiger partial charge on any atom is -0.506 e. The number of carbonyl (C=O) groups is 1. The number of fused-ring (bicyclic) bond motifs is 1. The zero-order valence-electron chi connectivity index (χ0n) is 14.9. The molecule has 0 spiro atoms. The van der Waals surface area contributed by atoms with Crippen molar-refractivity contribution in [2.45, 2.75) is 12.8 Å². The predicted octanol–water partition coefficient (Wildman–Crippen LogP) is 1.67. The Morgan fingerprint density at radius 1 is 1.25 bits per heavy atom.